The molecule has 3 nitrogen and oxygen atoms in total. The molecule has 0 aliphatic rings. The Bertz CT molecular complexity index is 605. The van der Waals surface area contributed by atoms with Crippen molar-refractivity contribution >= 4 is 11.6 Å². The summed E-state index contributed by atoms with van der Waals surface area (Å²) in [7, 11) is 0. The van der Waals surface area contributed by atoms with Crippen molar-refractivity contribution in [1.29, 1.82) is 0 Å². The fraction of sp³-hybridized carbons (Fsp3) is 0.231. The molecule has 0 aliphatic carbocycles. The first-order valence-corrected chi connectivity index (χ1v) is 5.86. The molecule has 0 radical (unpaired) electrons. The van der Waals surface area contributed by atoms with Gasteiger partial charge in [-0.05, 0) is 25.5 Å². The van der Waals surface area contributed by atoms with Gasteiger partial charge in [0.05, 0.1) is 5.02 Å². The van der Waals surface area contributed by atoms with Crippen molar-refractivity contribution < 1.29 is 0 Å². The monoisotopic (exact) mass is 248 g/mol. The third-order valence-corrected chi connectivity index (χ3v) is 3.03. The Morgan fingerprint density at radius 2 is 2.06 bits per heavy atom. The van der Waals surface area contributed by atoms with Gasteiger partial charge in [-0.15, -0.1) is 0 Å². The minimum absolute atomic E-state index is 0.0880. The van der Waals surface area contributed by atoms with E-state index in [0.29, 0.717) is 17.3 Å². The third-order valence-electron chi connectivity index (χ3n) is 2.70. The number of nitrogens with zero attached hydrogens (tertiary/aromatic N) is 1. The maximum Gasteiger partial charge on any atom is 0.254 e. The number of aromatic nitrogens is 2. The van der Waals surface area contributed by atoms with Crippen molar-refractivity contribution in [2.24, 2.45) is 0 Å². The van der Waals surface area contributed by atoms with Crippen LogP contribution in [0.25, 0.3) is 11.4 Å². The maximum absolute atomic E-state index is 11.8. The van der Waals surface area contributed by atoms with Gasteiger partial charge in [-0.2, -0.15) is 0 Å². The second-order valence-electron chi connectivity index (χ2n) is 3.81. The first-order valence-electron chi connectivity index (χ1n) is 5.48. The molecule has 4 heteroatoms. The molecule has 0 saturated heterocycles. The molecule has 1 heterocycles. The van der Waals surface area contributed by atoms with Gasteiger partial charge in [0.15, 0.2) is 0 Å². The van der Waals surface area contributed by atoms with E-state index >= 15 is 0 Å². The lowest BCUT2D eigenvalue weighted by atomic mass is 10.1. The van der Waals surface area contributed by atoms with Gasteiger partial charge in [-0.3, -0.25) is 4.79 Å². The van der Waals surface area contributed by atoms with Crippen LogP contribution in [0.5, 0.6) is 0 Å². The number of H-pyrrole nitrogens is 1. The summed E-state index contributed by atoms with van der Waals surface area (Å²) in [5.74, 6) is 0.523. The van der Waals surface area contributed by atoms with Gasteiger partial charge in [0.1, 0.15) is 5.82 Å². The SMILES string of the molecule is CCc1c(C)nc(-c2ccccc2Cl)[nH]c1=O. The number of rotatable bonds is 2. The molecular formula is C13H13ClN2O. The van der Waals surface area contributed by atoms with Crippen LogP contribution >= 0.6 is 11.6 Å². The third kappa shape index (κ3) is 2.24. The molecule has 0 atom stereocenters. The Morgan fingerprint density at radius 3 is 2.65 bits per heavy atom. The Kier molecular flexibility index (Phi) is 3.29. The van der Waals surface area contributed by atoms with E-state index in [1.807, 2.05) is 32.0 Å². The van der Waals surface area contributed by atoms with Crippen LogP contribution in [0.1, 0.15) is 18.2 Å². The van der Waals surface area contributed by atoms with Crippen LogP contribution in [0.2, 0.25) is 5.02 Å². The summed E-state index contributed by atoms with van der Waals surface area (Å²) in [5.41, 5.74) is 2.14. The van der Waals surface area contributed by atoms with E-state index in [1.165, 1.54) is 0 Å². The first kappa shape index (κ1) is 11.9. The van der Waals surface area contributed by atoms with Crippen LogP contribution in [0.15, 0.2) is 29.1 Å². The summed E-state index contributed by atoms with van der Waals surface area (Å²) >= 11 is 6.08. The number of hydrogen-bond acceptors (Lipinski definition) is 2. The van der Waals surface area contributed by atoms with Crippen molar-refractivity contribution in [2.75, 3.05) is 0 Å². The first-order chi connectivity index (χ1) is 8.13. The highest BCUT2D eigenvalue weighted by Gasteiger charge is 2.09. The van der Waals surface area contributed by atoms with Gasteiger partial charge in [0, 0.05) is 16.8 Å². The second kappa shape index (κ2) is 4.72. The molecule has 0 aliphatic heterocycles. The molecule has 0 fully saturated rings. The molecule has 1 N–H and O–H groups in total. The number of halogens is 1. The predicted octanol–water partition coefficient (Wildman–Crippen LogP) is 2.96. The molecule has 17 heavy (non-hydrogen) atoms. The average Bonchev–Trinajstić information content (AvgIpc) is 2.29. The van der Waals surface area contributed by atoms with Gasteiger partial charge in [-0.1, -0.05) is 30.7 Å². The summed E-state index contributed by atoms with van der Waals surface area (Å²) in [6.45, 7) is 3.78. The molecule has 0 saturated carbocycles. The van der Waals surface area contributed by atoms with E-state index in [0.717, 1.165) is 16.8 Å². The van der Waals surface area contributed by atoms with E-state index in [9.17, 15) is 4.79 Å². The molecule has 0 bridgehead atoms. The lowest BCUT2D eigenvalue weighted by molar-refractivity contribution is 0.968. The zero-order chi connectivity index (χ0) is 12.4. The lowest BCUT2D eigenvalue weighted by Gasteiger charge is -2.06. The summed E-state index contributed by atoms with van der Waals surface area (Å²) in [5, 5.41) is 0.583. The smallest absolute Gasteiger partial charge is 0.254 e. The topological polar surface area (TPSA) is 45.8 Å². The van der Waals surface area contributed by atoms with Crippen LogP contribution in [0.4, 0.5) is 0 Å². The van der Waals surface area contributed by atoms with E-state index in [1.54, 1.807) is 6.07 Å². The highest BCUT2D eigenvalue weighted by molar-refractivity contribution is 6.33. The van der Waals surface area contributed by atoms with Gasteiger partial charge >= 0.3 is 0 Å². The van der Waals surface area contributed by atoms with Crippen LogP contribution in [0, 0.1) is 6.92 Å². The van der Waals surface area contributed by atoms with Gasteiger partial charge in [0.2, 0.25) is 0 Å². The molecule has 2 rings (SSSR count). The van der Waals surface area contributed by atoms with E-state index in [4.69, 9.17) is 11.6 Å². The van der Waals surface area contributed by atoms with Crippen molar-refractivity contribution in [3.8, 4) is 11.4 Å². The molecule has 0 amide bonds. The number of benzene rings is 1. The molecule has 2 aromatic rings. The summed E-state index contributed by atoms with van der Waals surface area (Å²) in [6.07, 6.45) is 0.678. The average molecular weight is 249 g/mol. The minimum Gasteiger partial charge on any atom is -0.306 e. The fourth-order valence-electron chi connectivity index (χ4n) is 1.81. The van der Waals surface area contributed by atoms with E-state index in [-0.39, 0.29) is 5.56 Å². The van der Waals surface area contributed by atoms with Crippen molar-refractivity contribution in [1.82, 2.24) is 9.97 Å². The van der Waals surface area contributed by atoms with Crippen molar-refractivity contribution in [2.45, 2.75) is 20.3 Å². The molecule has 0 spiro atoms. The molecule has 0 unspecified atom stereocenters. The normalized spacial score (nSPS) is 10.5. The van der Waals surface area contributed by atoms with Crippen molar-refractivity contribution in [3.05, 3.63) is 50.9 Å². The van der Waals surface area contributed by atoms with Crippen molar-refractivity contribution in [3.63, 3.8) is 0 Å². The van der Waals surface area contributed by atoms with Crippen LogP contribution in [-0.4, -0.2) is 9.97 Å². The predicted molar refractivity (Wildman–Crippen MR) is 69.4 cm³/mol. The minimum atomic E-state index is -0.0880. The number of aryl methyl sites for hydroxylation is 1. The summed E-state index contributed by atoms with van der Waals surface area (Å²) in [6, 6.07) is 7.33. The van der Waals surface area contributed by atoms with Crippen LogP contribution < -0.4 is 5.56 Å². The number of nitrogens with one attached hydrogen (secondary N) is 1. The Balaban J connectivity index is 2.63. The highest BCUT2D eigenvalue weighted by atomic mass is 35.5. The molecular weight excluding hydrogens is 236 g/mol. The fourth-order valence-corrected chi connectivity index (χ4v) is 2.03. The number of hydrogen-bond donors (Lipinski definition) is 1. The maximum atomic E-state index is 11.8. The standard InChI is InChI=1S/C13H13ClN2O/c1-3-9-8(2)15-12(16-13(9)17)10-6-4-5-7-11(10)14/h4-7H,3H2,1-2H3,(H,15,16,17). The van der Waals surface area contributed by atoms with E-state index < -0.39 is 0 Å². The Labute approximate surface area is 104 Å². The largest absolute Gasteiger partial charge is 0.306 e. The van der Waals surface area contributed by atoms with Crippen LogP contribution in [0.3, 0.4) is 0 Å². The molecule has 1 aromatic carbocycles. The van der Waals surface area contributed by atoms with Crippen LogP contribution in [-0.2, 0) is 6.42 Å². The van der Waals surface area contributed by atoms with Gasteiger partial charge in [0.25, 0.3) is 5.56 Å². The second-order valence-corrected chi connectivity index (χ2v) is 4.22. The van der Waals surface area contributed by atoms with Gasteiger partial charge < -0.3 is 4.98 Å². The molecule has 88 valence electrons. The zero-order valence-corrected chi connectivity index (χ0v) is 10.5. The lowest BCUT2D eigenvalue weighted by Crippen LogP contribution is -2.16. The summed E-state index contributed by atoms with van der Waals surface area (Å²) < 4.78 is 0. The van der Waals surface area contributed by atoms with E-state index in [2.05, 4.69) is 9.97 Å². The Hall–Kier alpha value is -1.61. The zero-order valence-electron chi connectivity index (χ0n) is 9.75. The molecule has 1 aromatic heterocycles. The Morgan fingerprint density at radius 1 is 1.35 bits per heavy atom. The highest BCUT2D eigenvalue weighted by Crippen LogP contribution is 2.24. The van der Waals surface area contributed by atoms with Gasteiger partial charge in [-0.25, -0.2) is 4.98 Å². The number of aromatic amines is 1. The quantitative estimate of drug-likeness (QED) is 0.888. The summed E-state index contributed by atoms with van der Waals surface area (Å²) in [4.78, 5) is 19.0.